The van der Waals surface area contributed by atoms with Gasteiger partial charge in [0.1, 0.15) is 18.5 Å². The molecular formula is C24H22F3N5O4. The Morgan fingerprint density at radius 2 is 1.89 bits per heavy atom. The molecule has 0 aliphatic heterocycles. The molecular weight excluding hydrogens is 479 g/mol. The van der Waals surface area contributed by atoms with E-state index in [2.05, 4.69) is 20.4 Å². The molecule has 0 saturated carbocycles. The van der Waals surface area contributed by atoms with Gasteiger partial charge < -0.3 is 20.3 Å². The molecule has 3 heterocycles. The van der Waals surface area contributed by atoms with Crippen molar-refractivity contribution < 1.29 is 32.9 Å². The molecule has 1 unspecified atom stereocenters. The van der Waals surface area contributed by atoms with Crippen LogP contribution >= 0.6 is 0 Å². The van der Waals surface area contributed by atoms with E-state index >= 15 is 0 Å². The van der Waals surface area contributed by atoms with Crippen LogP contribution < -0.4 is 10.1 Å². The van der Waals surface area contributed by atoms with Crippen molar-refractivity contribution in [1.82, 2.24) is 19.6 Å². The topological polar surface area (TPSA) is 122 Å². The lowest BCUT2D eigenvalue weighted by molar-refractivity contribution is -0.137. The predicted octanol–water partition coefficient (Wildman–Crippen LogP) is 3.41. The van der Waals surface area contributed by atoms with E-state index in [4.69, 9.17) is 9.84 Å². The third kappa shape index (κ3) is 5.14. The molecule has 0 spiro atoms. The van der Waals surface area contributed by atoms with Crippen LogP contribution in [0.25, 0.3) is 16.9 Å². The number of aliphatic hydroxyl groups excluding tert-OH is 2. The smallest absolute Gasteiger partial charge is 0.417 e. The highest BCUT2D eigenvalue weighted by Crippen LogP contribution is 2.37. The number of alkyl halides is 3. The van der Waals surface area contributed by atoms with Crippen LogP contribution in [0.4, 0.5) is 19.0 Å². The van der Waals surface area contributed by atoms with Crippen LogP contribution in [-0.2, 0) is 6.18 Å². The maximum absolute atomic E-state index is 13.7. The van der Waals surface area contributed by atoms with Crippen molar-refractivity contribution in [3.8, 4) is 17.0 Å². The fourth-order valence-electron chi connectivity index (χ4n) is 3.58. The molecule has 1 aromatic carbocycles. The van der Waals surface area contributed by atoms with Gasteiger partial charge in [0, 0.05) is 17.3 Å². The highest BCUT2D eigenvalue weighted by atomic mass is 19.4. The largest absolute Gasteiger partial charge is 0.487 e. The number of halogens is 3. The summed E-state index contributed by atoms with van der Waals surface area (Å²) in [5.74, 6) is -0.385. The first-order valence-electron chi connectivity index (χ1n) is 10.8. The van der Waals surface area contributed by atoms with E-state index in [0.717, 1.165) is 10.6 Å². The van der Waals surface area contributed by atoms with Crippen molar-refractivity contribution in [2.75, 3.05) is 18.5 Å². The molecule has 4 rings (SSSR count). The lowest BCUT2D eigenvalue weighted by atomic mass is 10.0. The number of pyridine rings is 1. The zero-order valence-corrected chi connectivity index (χ0v) is 19.2. The molecule has 0 aliphatic rings. The lowest BCUT2D eigenvalue weighted by Gasteiger charge is -2.15. The lowest BCUT2D eigenvalue weighted by Crippen LogP contribution is -2.22. The molecule has 0 saturated heterocycles. The fraction of sp³-hybridized carbons (Fsp3) is 0.250. The van der Waals surface area contributed by atoms with E-state index < -0.39 is 30.4 Å². The van der Waals surface area contributed by atoms with E-state index in [1.807, 2.05) is 0 Å². The number of nitrogens with zero attached hydrogens (tertiary/aromatic N) is 4. The number of carbonyl (C=O) groups is 1. The number of nitrogens with one attached hydrogen (secondary N) is 1. The maximum Gasteiger partial charge on any atom is 0.417 e. The summed E-state index contributed by atoms with van der Waals surface area (Å²) in [5.41, 5.74) is -0.376. The maximum atomic E-state index is 13.7. The number of aryl methyl sites for hydroxylation is 2. The number of ether oxygens (including phenoxy) is 1. The minimum Gasteiger partial charge on any atom is -0.487 e. The molecule has 4 aromatic rings. The number of hydrogen-bond donors (Lipinski definition) is 3. The molecule has 12 heteroatoms. The van der Waals surface area contributed by atoms with Gasteiger partial charge in [-0.3, -0.25) is 4.79 Å². The molecule has 9 nitrogen and oxygen atoms in total. The van der Waals surface area contributed by atoms with Crippen molar-refractivity contribution in [3.05, 3.63) is 71.2 Å². The normalized spacial score (nSPS) is 12.5. The number of hydrogen-bond acceptors (Lipinski definition) is 7. The highest BCUT2D eigenvalue weighted by molar-refractivity contribution is 6.04. The average molecular weight is 501 g/mol. The summed E-state index contributed by atoms with van der Waals surface area (Å²) in [5, 5.41) is 25.8. The van der Waals surface area contributed by atoms with Crippen molar-refractivity contribution in [1.29, 1.82) is 0 Å². The zero-order chi connectivity index (χ0) is 26.0. The Labute approximate surface area is 203 Å². The summed E-state index contributed by atoms with van der Waals surface area (Å²) in [4.78, 5) is 21.7. The highest BCUT2D eigenvalue weighted by Gasteiger charge is 2.34. The zero-order valence-electron chi connectivity index (χ0n) is 19.2. The van der Waals surface area contributed by atoms with Crippen LogP contribution in [0.15, 0.2) is 48.5 Å². The number of benzene rings is 1. The molecule has 1 atom stereocenters. The van der Waals surface area contributed by atoms with Crippen LogP contribution in [-0.4, -0.2) is 55.0 Å². The Kier molecular flexibility index (Phi) is 6.91. The number of aromatic nitrogens is 4. The third-order valence-electron chi connectivity index (χ3n) is 5.22. The van der Waals surface area contributed by atoms with Gasteiger partial charge in [0.25, 0.3) is 5.91 Å². The molecule has 3 N–H and O–H groups in total. The van der Waals surface area contributed by atoms with Crippen LogP contribution in [0.2, 0.25) is 0 Å². The van der Waals surface area contributed by atoms with E-state index in [9.17, 15) is 23.1 Å². The van der Waals surface area contributed by atoms with Crippen LogP contribution in [0.5, 0.6) is 5.75 Å². The van der Waals surface area contributed by atoms with Gasteiger partial charge in [-0.2, -0.15) is 18.3 Å². The van der Waals surface area contributed by atoms with Crippen molar-refractivity contribution in [2.24, 2.45) is 0 Å². The minimum atomic E-state index is -4.66. The second kappa shape index (κ2) is 9.91. The molecule has 0 bridgehead atoms. The fourth-order valence-corrected chi connectivity index (χ4v) is 3.58. The summed E-state index contributed by atoms with van der Waals surface area (Å²) < 4.78 is 47.9. The Bertz CT molecular complexity index is 1420. The number of rotatable bonds is 7. The van der Waals surface area contributed by atoms with Crippen LogP contribution in [0, 0.1) is 13.8 Å². The number of carbonyl (C=O) groups excluding carboxylic acids is 1. The van der Waals surface area contributed by atoms with Gasteiger partial charge in [0.15, 0.2) is 17.1 Å². The van der Waals surface area contributed by atoms with E-state index in [1.54, 1.807) is 32.0 Å². The standard InChI is InChI=1S/C24H22F3N5O4/c1-13-6-5-9-20(28-13)30-23(35)21-14(2)29-22-19(36-12-15(34)11-33)10-18(31-32(21)22)16-7-3-4-8-17(16)24(25,26)27/h3-10,15,33-34H,11-12H2,1-2H3,(H,28,30,35). The van der Waals surface area contributed by atoms with E-state index in [-0.39, 0.29) is 46.5 Å². The SMILES string of the molecule is Cc1cccc(NC(=O)c2c(C)nc3c(OCC(O)CO)cc(-c4ccccc4C(F)(F)F)nn23)n1. The van der Waals surface area contributed by atoms with Crippen LogP contribution in [0.1, 0.15) is 27.4 Å². The number of imidazole rings is 1. The second-order valence-corrected chi connectivity index (χ2v) is 7.98. The van der Waals surface area contributed by atoms with E-state index in [1.165, 1.54) is 24.3 Å². The monoisotopic (exact) mass is 501 g/mol. The van der Waals surface area contributed by atoms with Gasteiger partial charge >= 0.3 is 6.18 Å². The molecule has 36 heavy (non-hydrogen) atoms. The van der Waals surface area contributed by atoms with Crippen LogP contribution in [0.3, 0.4) is 0 Å². The number of aliphatic hydroxyl groups is 2. The molecule has 0 radical (unpaired) electrons. The third-order valence-corrected chi connectivity index (χ3v) is 5.22. The summed E-state index contributed by atoms with van der Waals surface area (Å²) in [6, 6.07) is 11.2. The average Bonchev–Trinajstić information content (AvgIpc) is 3.17. The van der Waals surface area contributed by atoms with Gasteiger partial charge in [-0.1, -0.05) is 24.3 Å². The quantitative estimate of drug-likeness (QED) is 0.355. The molecule has 188 valence electrons. The van der Waals surface area contributed by atoms with Gasteiger partial charge in [-0.25, -0.2) is 14.5 Å². The van der Waals surface area contributed by atoms with E-state index in [0.29, 0.717) is 5.69 Å². The summed E-state index contributed by atoms with van der Waals surface area (Å²) in [6.07, 6.45) is -5.90. The Morgan fingerprint density at radius 1 is 1.14 bits per heavy atom. The molecule has 0 fully saturated rings. The summed E-state index contributed by atoms with van der Waals surface area (Å²) in [6.45, 7) is 2.35. The van der Waals surface area contributed by atoms with Gasteiger partial charge in [0.2, 0.25) is 0 Å². The Balaban J connectivity index is 1.88. The first-order valence-corrected chi connectivity index (χ1v) is 10.8. The Hall–Kier alpha value is -4.03. The van der Waals surface area contributed by atoms with Gasteiger partial charge in [0.05, 0.1) is 23.6 Å². The number of amides is 1. The predicted molar refractivity (Wildman–Crippen MR) is 124 cm³/mol. The van der Waals surface area contributed by atoms with Gasteiger partial charge in [-0.05, 0) is 32.0 Å². The minimum absolute atomic E-state index is 0.0275. The first kappa shape index (κ1) is 25.1. The molecule has 3 aromatic heterocycles. The van der Waals surface area contributed by atoms with Crippen molar-refractivity contribution in [3.63, 3.8) is 0 Å². The molecule has 0 aliphatic carbocycles. The van der Waals surface area contributed by atoms with Crippen molar-refractivity contribution in [2.45, 2.75) is 26.1 Å². The van der Waals surface area contributed by atoms with Gasteiger partial charge in [-0.15, -0.1) is 0 Å². The first-order chi connectivity index (χ1) is 17.1. The second-order valence-electron chi connectivity index (χ2n) is 7.98. The van der Waals surface area contributed by atoms with Crippen molar-refractivity contribution >= 4 is 17.4 Å². The number of anilines is 1. The number of fused-ring (bicyclic) bond motifs is 1. The summed E-state index contributed by atoms with van der Waals surface area (Å²) >= 11 is 0. The molecule has 1 amide bonds. The Morgan fingerprint density at radius 3 is 2.58 bits per heavy atom. The summed E-state index contributed by atoms with van der Waals surface area (Å²) in [7, 11) is 0.